The number of hydrogen-bond acceptors (Lipinski definition) is 3. The van der Waals surface area contributed by atoms with E-state index in [0.717, 1.165) is 30.8 Å². The molecule has 27 heavy (non-hydrogen) atoms. The van der Waals surface area contributed by atoms with Crippen molar-refractivity contribution in [2.75, 3.05) is 13.1 Å². The Kier molecular flexibility index (Phi) is 17.6. The summed E-state index contributed by atoms with van der Waals surface area (Å²) in [5, 5.41) is 0. The summed E-state index contributed by atoms with van der Waals surface area (Å²) in [6, 6.07) is 0.742. The normalized spacial score (nSPS) is 25.7. The van der Waals surface area contributed by atoms with Gasteiger partial charge in [-0.1, -0.05) is 79.4 Å². The van der Waals surface area contributed by atoms with Gasteiger partial charge in [0.05, 0.1) is 6.10 Å². The molecule has 0 aromatic carbocycles. The lowest BCUT2D eigenvalue weighted by molar-refractivity contribution is -0.0114. The van der Waals surface area contributed by atoms with Gasteiger partial charge in [-0.2, -0.15) is 0 Å². The summed E-state index contributed by atoms with van der Waals surface area (Å²) >= 11 is 0. The van der Waals surface area contributed by atoms with Gasteiger partial charge in [0.2, 0.25) is 0 Å². The standard InChI is InChI=1S/C19H34N2O.C2H6.2CH4.H2O/c20-22-18(12-5-9-16-7-1-2-8-16)15-21-14-6-11-17-10-3-4-13-19(17)21;1-2;;;/h3-4,16-19H,1-2,5-15,20H2;1-2H3;2*1H4;1H2/t17?,18-,19?;;;;/m0..../s1. The lowest BCUT2D eigenvalue weighted by Crippen LogP contribution is -2.49. The summed E-state index contributed by atoms with van der Waals surface area (Å²) in [5.41, 5.74) is 0. The number of fused-ring (bicyclic) bond motifs is 1. The van der Waals surface area contributed by atoms with Gasteiger partial charge in [0.15, 0.2) is 0 Å². The average molecular weight is 387 g/mol. The molecule has 3 aliphatic rings. The molecule has 0 aromatic heterocycles. The second-order valence-electron chi connectivity index (χ2n) is 7.75. The fraction of sp³-hybridized carbons (Fsp3) is 0.913. The Bertz CT molecular complexity index is 356. The first-order valence-electron chi connectivity index (χ1n) is 10.6. The zero-order chi connectivity index (χ0) is 17.2. The third-order valence-corrected chi connectivity index (χ3v) is 6.26. The van der Waals surface area contributed by atoms with Crippen LogP contribution in [-0.4, -0.2) is 35.6 Å². The van der Waals surface area contributed by atoms with Gasteiger partial charge < -0.3 is 5.48 Å². The molecule has 2 aliphatic carbocycles. The van der Waals surface area contributed by atoms with Crippen molar-refractivity contribution in [3.05, 3.63) is 12.2 Å². The summed E-state index contributed by atoms with van der Waals surface area (Å²) in [6.07, 6.45) is 19.8. The molecule has 3 atom stereocenters. The van der Waals surface area contributed by atoms with Crippen LogP contribution < -0.4 is 5.90 Å². The van der Waals surface area contributed by atoms with Crippen molar-refractivity contribution in [3.8, 4) is 0 Å². The molecule has 0 amide bonds. The minimum absolute atomic E-state index is 0. The van der Waals surface area contributed by atoms with Crippen molar-refractivity contribution in [2.45, 2.75) is 111 Å². The van der Waals surface area contributed by atoms with Gasteiger partial charge in [-0.3, -0.25) is 9.74 Å². The van der Waals surface area contributed by atoms with E-state index in [1.807, 2.05) is 13.8 Å². The van der Waals surface area contributed by atoms with Crippen LogP contribution in [0.3, 0.4) is 0 Å². The van der Waals surface area contributed by atoms with Gasteiger partial charge in [0.25, 0.3) is 0 Å². The monoisotopic (exact) mass is 386 g/mol. The van der Waals surface area contributed by atoms with Crippen molar-refractivity contribution in [2.24, 2.45) is 17.7 Å². The lowest BCUT2D eigenvalue weighted by atomic mass is 9.81. The van der Waals surface area contributed by atoms with Crippen LogP contribution in [0, 0.1) is 11.8 Å². The van der Waals surface area contributed by atoms with Gasteiger partial charge in [0, 0.05) is 12.6 Å². The van der Waals surface area contributed by atoms with E-state index >= 15 is 0 Å². The molecule has 0 spiro atoms. The van der Waals surface area contributed by atoms with E-state index in [0.29, 0.717) is 0 Å². The molecule has 1 saturated carbocycles. The molecule has 4 nitrogen and oxygen atoms in total. The van der Waals surface area contributed by atoms with Gasteiger partial charge in [0.1, 0.15) is 0 Å². The summed E-state index contributed by atoms with van der Waals surface area (Å²) in [6.45, 7) is 6.27. The van der Waals surface area contributed by atoms with Crippen LogP contribution in [-0.2, 0) is 4.84 Å². The largest absolute Gasteiger partial charge is 0.412 e. The maximum Gasteiger partial charge on any atom is 0.0914 e. The van der Waals surface area contributed by atoms with E-state index in [9.17, 15) is 0 Å². The number of piperidine rings is 1. The summed E-state index contributed by atoms with van der Waals surface area (Å²) < 4.78 is 0. The van der Waals surface area contributed by atoms with E-state index in [1.54, 1.807) is 0 Å². The molecule has 0 bridgehead atoms. The first-order valence-corrected chi connectivity index (χ1v) is 10.6. The zero-order valence-electron chi connectivity index (χ0n) is 16.6. The first-order chi connectivity index (χ1) is 11.9. The van der Waals surface area contributed by atoms with Gasteiger partial charge in [-0.05, 0) is 50.5 Å². The molecule has 1 aliphatic heterocycles. The summed E-state index contributed by atoms with van der Waals surface area (Å²) in [5.74, 6) is 7.47. The van der Waals surface area contributed by atoms with Gasteiger partial charge >= 0.3 is 0 Å². The Morgan fingerprint density at radius 2 is 1.70 bits per heavy atom. The predicted molar refractivity (Wildman–Crippen MR) is 120 cm³/mol. The molecular weight excluding hydrogens is 336 g/mol. The van der Waals surface area contributed by atoms with Crippen LogP contribution in [0.4, 0.5) is 0 Å². The van der Waals surface area contributed by atoms with E-state index in [1.165, 1.54) is 70.8 Å². The molecule has 0 radical (unpaired) electrons. The maximum atomic E-state index is 5.61. The number of nitrogens with two attached hydrogens (primary N) is 1. The smallest absolute Gasteiger partial charge is 0.0914 e. The molecule has 4 heteroatoms. The molecule has 164 valence electrons. The highest BCUT2D eigenvalue weighted by Gasteiger charge is 2.32. The highest BCUT2D eigenvalue weighted by atomic mass is 16.6. The fourth-order valence-electron chi connectivity index (χ4n) is 4.96. The number of likely N-dealkylation sites (tertiary alicyclic amines) is 1. The predicted octanol–water partition coefficient (Wildman–Crippen LogP) is 5.51. The molecule has 4 N–H and O–H groups in total. The Labute approximate surface area is 170 Å². The molecule has 1 saturated heterocycles. The van der Waals surface area contributed by atoms with E-state index in [2.05, 4.69) is 17.1 Å². The summed E-state index contributed by atoms with van der Waals surface area (Å²) in [4.78, 5) is 8.01. The van der Waals surface area contributed by atoms with Crippen LogP contribution in [0.2, 0.25) is 0 Å². The lowest BCUT2D eigenvalue weighted by Gasteiger charge is -2.43. The van der Waals surface area contributed by atoms with Crippen LogP contribution in [0.1, 0.15) is 99.3 Å². The van der Waals surface area contributed by atoms with Crippen LogP contribution in [0.25, 0.3) is 0 Å². The van der Waals surface area contributed by atoms with Crippen molar-refractivity contribution in [1.29, 1.82) is 0 Å². The van der Waals surface area contributed by atoms with Crippen molar-refractivity contribution in [3.63, 3.8) is 0 Å². The molecule has 3 rings (SSSR count). The van der Waals surface area contributed by atoms with Crippen molar-refractivity contribution < 1.29 is 10.3 Å². The van der Waals surface area contributed by atoms with E-state index in [-0.39, 0.29) is 26.4 Å². The van der Waals surface area contributed by atoms with Crippen LogP contribution in [0.5, 0.6) is 0 Å². The molecule has 0 aromatic rings. The third-order valence-electron chi connectivity index (χ3n) is 6.26. The quantitative estimate of drug-likeness (QED) is 0.463. The third kappa shape index (κ3) is 9.08. The summed E-state index contributed by atoms with van der Waals surface area (Å²) in [7, 11) is 0. The van der Waals surface area contributed by atoms with Crippen LogP contribution >= 0.6 is 0 Å². The highest BCUT2D eigenvalue weighted by Crippen LogP contribution is 2.33. The number of hydrogen-bond donors (Lipinski definition) is 1. The van der Waals surface area contributed by atoms with Gasteiger partial charge in [-0.15, -0.1) is 0 Å². The van der Waals surface area contributed by atoms with E-state index < -0.39 is 0 Å². The van der Waals surface area contributed by atoms with Crippen molar-refractivity contribution >= 4 is 0 Å². The topological polar surface area (TPSA) is 70.0 Å². The Balaban J connectivity index is 0. The SMILES string of the molecule is C.C.CC.NO[C@@H](CCCC1CCCC1)CN1CCCC2CC=CCC21.O. The number of allylic oxidation sites excluding steroid dienone is 1. The first kappa shape index (κ1) is 28.8. The maximum absolute atomic E-state index is 5.61. The average Bonchev–Trinajstić information content (AvgIpc) is 3.16. The second kappa shape index (κ2) is 16.5. The molecule has 2 fully saturated rings. The Morgan fingerprint density at radius 3 is 2.37 bits per heavy atom. The Morgan fingerprint density at radius 1 is 1.04 bits per heavy atom. The number of nitrogens with zero attached hydrogens (tertiary/aromatic N) is 1. The molecule has 2 unspecified atom stereocenters. The second-order valence-corrected chi connectivity index (χ2v) is 7.75. The minimum atomic E-state index is 0. The molecule has 1 heterocycles. The Hall–Kier alpha value is -0.420. The number of rotatable bonds is 7. The fourth-order valence-corrected chi connectivity index (χ4v) is 4.96. The highest BCUT2D eigenvalue weighted by molar-refractivity contribution is 5.00. The van der Waals surface area contributed by atoms with Gasteiger partial charge in [-0.25, -0.2) is 5.90 Å². The van der Waals surface area contributed by atoms with Crippen LogP contribution in [0.15, 0.2) is 12.2 Å². The zero-order valence-corrected chi connectivity index (χ0v) is 16.6. The minimum Gasteiger partial charge on any atom is -0.412 e. The van der Waals surface area contributed by atoms with Crippen molar-refractivity contribution in [1.82, 2.24) is 4.90 Å². The van der Waals surface area contributed by atoms with E-state index in [4.69, 9.17) is 10.7 Å². The molecular formula is C23H50N2O2.